The largest absolute Gasteiger partial charge is 0.349 e. The van der Waals surface area contributed by atoms with E-state index in [1.165, 1.54) is 5.56 Å². The molecule has 0 aliphatic rings. The zero-order valence-electron chi connectivity index (χ0n) is 15.2. The maximum atomic E-state index is 12.5. The van der Waals surface area contributed by atoms with Gasteiger partial charge in [-0.25, -0.2) is 9.50 Å². The van der Waals surface area contributed by atoms with Gasteiger partial charge >= 0.3 is 0 Å². The van der Waals surface area contributed by atoms with Gasteiger partial charge in [0.2, 0.25) is 0 Å². The molecule has 2 heterocycles. The van der Waals surface area contributed by atoms with Crippen molar-refractivity contribution in [1.29, 1.82) is 0 Å². The first kappa shape index (κ1) is 17.1. The minimum Gasteiger partial charge on any atom is -0.349 e. The molecule has 0 unspecified atom stereocenters. The fourth-order valence-electron chi connectivity index (χ4n) is 2.93. The number of carbonyl (C=O) groups is 1. The van der Waals surface area contributed by atoms with Crippen molar-refractivity contribution in [3.8, 4) is 0 Å². The SMILES string of the molecule is CC[C@@H](C)NC(=O)c1cnn2c(C)c(Cc3ccccc3)c(C)nc12. The highest BCUT2D eigenvalue weighted by molar-refractivity contribution is 5.99. The first-order chi connectivity index (χ1) is 12.0. The van der Waals surface area contributed by atoms with Crippen molar-refractivity contribution in [2.24, 2.45) is 0 Å². The van der Waals surface area contributed by atoms with Gasteiger partial charge in [-0.05, 0) is 38.3 Å². The lowest BCUT2D eigenvalue weighted by Gasteiger charge is -2.13. The topological polar surface area (TPSA) is 59.3 Å². The fourth-order valence-corrected chi connectivity index (χ4v) is 2.93. The molecule has 0 saturated heterocycles. The number of hydrogen-bond donors (Lipinski definition) is 1. The van der Waals surface area contributed by atoms with E-state index in [1.54, 1.807) is 10.7 Å². The van der Waals surface area contributed by atoms with Crippen molar-refractivity contribution < 1.29 is 4.79 Å². The Bertz CT molecular complexity index is 899. The van der Waals surface area contributed by atoms with E-state index in [4.69, 9.17) is 0 Å². The molecule has 3 aromatic rings. The van der Waals surface area contributed by atoms with Crippen LogP contribution in [0.5, 0.6) is 0 Å². The molecule has 130 valence electrons. The van der Waals surface area contributed by atoms with Crippen LogP contribution < -0.4 is 5.32 Å². The Kier molecular flexibility index (Phi) is 4.83. The summed E-state index contributed by atoms with van der Waals surface area (Å²) in [4.78, 5) is 17.2. The number of carbonyl (C=O) groups excluding carboxylic acids is 1. The van der Waals surface area contributed by atoms with Crippen LogP contribution in [0.25, 0.3) is 5.65 Å². The molecule has 0 spiro atoms. The zero-order valence-corrected chi connectivity index (χ0v) is 15.2. The highest BCUT2D eigenvalue weighted by atomic mass is 16.1. The molecule has 1 amide bonds. The van der Waals surface area contributed by atoms with Crippen molar-refractivity contribution in [3.63, 3.8) is 0 Å². The van der Waals surface area contributed by atoms with Gasteiger partial charge in [0.15, 0.2) is 5.65 Å². The van der Waals surface area contributed by atoms with Crippen molar-refractivity contribution in [3.05, 3.63) is 64.6 Å². The second kappa shape index (κ2) is 7.05. The van der Waals surface area contributed by atoms with Gasteiger partial charge in [0, 0.05) is 23.9 Å². The number of hydrogen-bond acceptors (Lipinski definition) is 3. The van der Waals surface area contributed by atoms with E-state index in [-0.39, 0.29) is 11.9 Å². The molecule has 5 heteroatoms. The molecule has 0 aliphatic heterocycles. The lowest BCUT2D eigenvalue weighted by Crippen LogP contribution is -2.31. The maximum Gasteiger partial charge on any atom is 0.256 e. The highest BCUT2D eigenvalue weighted by Crippen LogP contribution is 2.20. The summed E-state index contributed by atoms with van der Waals surface area (Å²) < 4.78 is 1.77. The van der Waals surface area contributed by atoms with Crippen LogP contribution in [0.1, 0.15) is 53.1 Å². The number of benzene rings is 1. The maximum absolute atomic E-state index is 12.5. The number of aryl methyl sites for hydroxylation is 2. The van der Waals surface area contributed by atoms with E-state index in [2.05, 4.69) is 27.5 Å². The van der Waals surface area contributed by atoms with Crippen molar-refractivity contribution in [2.45, 2.75) is 46.6 Å². The van der Waals surface area contributed by atoms with E-state index < -0.39 is 0 Å². The molecular formula is C20H24N4O. The zero-order chi connectivity index (χ0) is 18.0. The summed E-state index contributed by atoms with van der Waals surface area (Å²) in [5.41, 5.74) is 5.48. The van der Waals surface area contributed by atoms with Gasteiger partial charge in [0.05, 0.1) is 6.20 Å². The molecule has 0 bridgehead atoms. The molecular weight excluding hydrogens is 312 g/mol. The monoisotopic (exact) mass is 336 g/mol. The van der Waals surface area contributed by atoms with Crippen molar-refractivity contribution in [2.75, 3.05) is 0 Å². The predicted molar refractivity (Wildman–Crippen MR) is 98.9 cm³/mol. The van der Waals surface area contributed by atoms with Gasteiger partial charge < -0.3 is 5.32 Å². The quantitative estimate of drug-likeness (QED) is 0.776. The molecule has 3 rings (SSSR count). The van der Waals surface area contributed by atoms with Crippen LogP contribution in [0.3, 0.4) is 0 Å². The van der Waals surface area contributed by atoms with Crippen LogP contribution in [-0.2, 0) is 6.42 Å². The van der Waals surface area contributed by atoms with Gasteiger partial charge in [-0.15, -0.1) is 0 Å². The Morgan fingerprint density at radius 2 is 1.96 bits per heavy atom. The van der Waals surface area contributed by atoms with E-state index in [9.17, 15) is 4.79 Å². The number of aromatic nitrogens is 3. The van der Waals surface area contributed by atoms with Gasteiger partial charge in [0.1, 0.15) is 5.56 Å². The molecule has 2 aromatic heterocycles. The minimum absolute atomic E-state index is 0.119. The Balaban J connectivity index is 2.00. The molecule has 0 saturated carbocycles. The summed E-state index contributed by atoms with van der Waals surface area (Å²) in [7, 11) is 0. The van der Waals surface area contributed by atoms with Crippen LogP contribution >= 0.6 is 0 Å². The van der Waals surface area contributed by atoms with Crippen LogP contribution in [0.2, 0.25) is 0 Å². The first-order valence-corrected chi connectivity index (χ1v) is 8.69. The second-order valence-corrected chi connectivity index (χ2v) is 6.50. The molecule has 1 aromatic carbocycles. The van der Waals surface area contributed by atoms with E-state index in [0.29, 0.717) is 11.2 Å². The summed E-state index contributed by atoms with van der Waals surface area (Å²) in [6, 6.07) is 10.4. The number of amides is 1. The Morgan fingerprint density at radius 1 is 1.24 bits per heavy atom. The van der Waals surface area contributed by atoms with Crippen LogP contribution in [0.4, 0.5) is 0 Å². The fraction of sp³-hybridized carbons (Fsp3) is 0.350. The minimum atomic E-state index is -0.119. The van der Waals surface area contributed by atoms with Crippen LogP contribution in [0.15, 0.2) is 36.5 Å². The lowest BCUT2D eigenvalue weighted by molar-refractivity contribution is 0.0940. The number of nitrogens with zero attached hydrogens (tertiary/aromatic N) is 3. The van der Waals surface area contributed by atoms with Gasteiger partial charge in [-0.3, -0.25) is 4.79 Å². The normalized spacial score (nSPS) is 12.3. The molecule has 0 fully saturated rings. The van der Waals surface area contributed by atoms with Gasteiger partial charge in [0.25, 0.3) is 5.91 Å². The first-order valence-electron chi connectivity index (χ1n) is 8.69. The summed E-state index contributed by atoms with van der Waals surface area (Å²) in [6.45, 7) is 8.06. The van der Waals surface area contributed by atoms with Gasteiger partial charge in [-0.2, -0.15) is 5.10 Å². The Hall–Kier alpha value is -2.69. The lowest BCUT2D eigenvalue weighted by atomic mass is 10.0. The molecule has 0 aliphatic carbocycles. The standard InChI is InChI=1S/C20H24N4O/c1-5-13(2)22-20(25)18-12-21-24-15(4)17(14(3)23-19(18)24)11-16-9-7-6-8-10-16/h6-10,12-13H,5,11H2,1-4H3,(H,22,25)/t13-/m1/s1. The average molecular weight is 336 g/mol. The third-order valence-corrected chi connectivity index (χ3v) is 4.67. The van der Waals surface area contributed by atoms with Crippen LogP contribution in [0, 0.1) is 13.8 Å². The number of fused-ring (bicyclic) bond motifs is 1. The highest BCUT2D eigenvalue weighted by Gasteiger charge is 2.19. The molecule has 0 radical (unpaired) electrons. The van der Waals surface area contributed by atoms with E-state index >= 15 is 0 Å². The summed E-state index contributed by atoms with van der Waals surface area (Å²) in [6.07, 6.45) is 3.30. The molecule has 5 nitrogen and oxygen atoms in total. The van der Waals surface area contributed by atoms with Crippen molar-refractivity contribution >= 4 is 11.6 Å². The Morgan fingerprint density at radius 3 is 2.64 bits per heavy atom. The molecule has 1 N–H and O–H groups in total. The van der Waals surface area contributed by atoms with Crippen molar-refractivity contribution in [1.82, 2.24) is 19.9 Å². The predicted octanol–water partition coefficient (Wildman–Crippen LogP) is 3.47. The average Bonchev–Trinajstić information content (AvgIpc) is 3.03. The van der Waals surface area contributed by atoms with E-state index in [1.807, 2.05) is 45.9 Å². The Labute approximate surface area is 148 Å². The summed E-state index contributed by atoms with van der Waals surface area (Å²) in [5, 5.41) is 7.39. The third kappa shape index (κ3) is 3.40. The third-order valence-electron chi connectivity index (χ3n) is 4.67. The second-order valence-electron chi connectivity index (χ2n) is 6.50. The number of rotatable bonds is 5. The van der Waals surface area contributed by atoms with Gasteiger partial charge in [-0.1, -0.05) is 37.3 Å². The number of nitrogens with one attached hydrogen (secondary N) is 1. The molecule has 1 atom stereocenters. The summed E-state index contributed by atoms with van der Waals surface area (Å²) in [5.74, 6) is -0.119. The molecule has 25 heavy (non-hydrogen) atoms. The van der Waals surface area contributed by atoms with E-state index in [0.717, 1.165) is 29.8 Å². The summed E-state index contributed by atoms with van der Waals surface area (Å²) >= 11 is 0. The smallest absolute Gasteiger partial charge is 0.256 e. The van der Waals surface area contributed by atoms with Crippen LogP contribution in [-0.4, -0.2) is 26.5 Å².